The Kier molecular flexibility index (Phi) is 6.24. The van der Waals surface area contributed by atoms with E-state index in [1.54, 1.807) is 0 Å². The number of aryl methyl sites for hydroxylation is 1. The summed E-state index contributed by atoms with van der Waals surface area (Å²) in [6.45, 7) is 2.49. The maximum Gasteiger partial charge on any atom is 0.242 e. The van der Waals surface area contributed by atoms with Crippen LogP contribution in [0.3, 0.4) is 0 Å². The van der Waals surface area contributed by atoms with Crippen LogP contribution in [-0.4, -0.2) is 53.3 Å². The molecule has 1 aliphatic heterocycles. The molecule has 1 heterocycles. The first-order valence-corrected chi connectivity index (χ1v) is 8.48. The van der Waals surface area contributed by atoms with E-state index in [0.717, 1.165) is 25.7 Å². The molecule has 0 unspecified atom stereocenters. The fraction of sp³-hybridized carbons (Fsp3) is 0.556. The van der Waals surface area contributed by atoms with Gasteiger partial charge in [-0.1, -0.05) is 30.3 Å². The third-order valence-corrected chi connectivity index (χ3v) is 4.83. The van der Waals surface area contributed by atoms with E-state index in [-0.39, 0.29) is 24.2 Å². The van der Waals surface area contributed by atoms with Gasteiger partial charge < -0.3 is 15.5 Å². The minimum absolute atomic E-state index is 0. The minimum Gasteiger partial charge on any atom is -0.339 e. The van der Waals surface area contributed by atoms with Crippen molar-refractivity contribution in [3.05, 3.63) is 35.9 Å². The van der Waals surface area contributed by atoms with Gasteiger partial charge in [0.1, 0.15) is 0 Å². The molecule has 24 heavy (non-hydrogen) atoms. The second-order valence-electron chi connectivity index (χ2n) is 6.67. The highest BCUT2D eigenvalue weighted by Crippen LogP contribution is 2.34. The Labute approximate surface area is 149 Å². The van der Waals surface area contributed by atoms with Crippen LogP contribution < -0.4 is 5.73 Å². The third kappa shape index (κ3) is 4.48. The van der Waals surface area contributed by atoms with Gasteiger partial charge in [-0.3, -0.25) is 9.59 Å². The van der Waals surface area contributed by atoms with E-state index in [4.69, 9.17) is 5.73 Å². The van der Waals surface area contributed by atoms with Crippen molar-refractivity contribution in [2.45, 2.75) is 37.6 Å². The molecule has 0 bridgehead atoms. The molecule has 0 aromatic heterocycles. The standard InChI is InChI=1S/C18H25N3O2.ClH/c19-18(9-10-18)17(23)21-13-11-20(12-14-21)16(22)8-4-7-15-5-2-1-3-6-15;/h1-3,5-6H,4,7-14,19H2;1H. The van der Waals surface area contributed by atoms with Crippen molar-refractivity contribution in [1.29, 1.82) is 0 Å². The van der Waals surface area contributed by atoms with E-state index in [1.165, 1.54) is 5.56 Å². The summed E-state index contributed by atoms with van der Waals surface area (Å²) in [5.74, 6) is 0.260. The van der Waals surface area contributed by atoms with Crippen LogP contribution in [0.4, 0.5) is 0 Å². The van der Waals surface area contributed by atoms with Gasteiger partial charge in [-0.2, -0.15) is 0 Å². The summed E-state index contributed by atoms with van der Waals surface area (Å²) < 4.78 is 0. The van der Waals surface area contributed by atoms with Crippen LogP contribution >= 0.6 is 12.4 Å². The Morgan fingerprint density at radius 2 is 1.58 bits per heavy atom. The Balaban J connectivity index is 0.00000208. The largest absolute Gasteiger partial charge is 0.339 e. The predicted octanol–water partition coefficient (Wildman–Crippen LogP) is 1.59. The molecule has 0 atom stereocenters. The highest BCUT2D eigenvalue weighted by atomic mass is 35.5. The van der Waals surface area contributed by atoms with E-state index in [2.05, 4.69) is 12.1 Å². The van der Waals surface area contributed by atoms with Gasteiger partial charge in [0.15, 0.2) is 0 Å². The van der Waals surface area contributed by atoms with Gasteiger partial charge in [-0.15, -0.1) is 12.4 Å². The van der Waals surface area contributed by atoms with Crippen LogP contribution in [0.2, 0.25) is 0 Å². The van der Waals surface area contributed by atoms with Crippen molar-refractivity contribution in [3.8, 4) is 0 Å². The summed E-state index contributed by atoms with van der Waals surface area (Å²) in [7, 11) is 0. The van der Waals surface area contributed by atoms with E-state index in [0.29, 0.717) is 32.6 Å². The number of rotatable bonds is 5. The van der Waals surface area contributed by atoms with Crippen LogP contribution in [0.15, 0.2) is 30.3 Å². The van der Waals surface area contributed by atoms with Crippen LogP contribution in [-0.2, 0) is 16.0 Å². The topological polar surface area (TPSA) is 66.6 Å². The zero-order valence-corrected chi connectivity index (χ0v) is 14.8. The lowest BCUT2D eigenvalue weighted by Gasteiger charge is -2.36. The molecule has 1 aromatic rings. The van der Waals surface area contributed by atoms with E-state index >= 15 is 0 Å². The molecule has 1 aliphatic carbocycles. The Morgan fingerprint density at radius 1 is 1.00 bits per heavy atom. The van der Waals surface area contributed by atoms with Gasteiger partial charge in [0.25, 0.3) is 0 Å². The predicted molar refractivity (Wildman–Crippen MR) is 95.9 cm³/mol. The molecule has 0 radical (unpaired) electrons. The summed E-state index contributed by atoms with van der Waals surface area (Å²) in [6.07, 6.45) is 3.97. The van der Waals surface area contributed by atoms with Crippen LogP contribution in [0.25, 0.3) is 0 Å². The van der Waals surface area contributed by atoms with Gasteiger partial charge in [0.05, 0.1) is 5.54 Å². The fourth-order valence-electron chi connectivity index (χ4n) is 3.07. The summed E-state index contributed by atoms with van der Waals surface area (Å²) in [5.41, 5.74) is 6.64. The number of carbonyl (C=O) groups is 2. The molecule has 2 fully saturated rings. The van der Waals surface area contributed by atoms with Gasteiger partial charge >= 0.3 is 0 Å². The van der Waals surface area contributed by atoms with Crippen molar-refractivity contribution in [3.63, 3.8) is 0 Å². The van der Waals surface area contributed by atoms with Gasteiger partial charge in [-0.25, -0.2) is 0 Å². The van der Waals surface area contributed by atoms with Crippen molar-refractivity contribution in [2.24, 2.45) is 5.73 Å². The van der Waals surface area contributed by atoms with Crippen molar-refractivity contribution in [2.75, 3.05) is 26.2 Å². The van der Waals surface area contributed by atoms with E-state index in [1.807, 2.05) is 28.0 Å². The monoisotopic (exact) mass is 351 g/mol. The smallest absolute Gasteiger partial charge is 0.242 e. The van der Waals surface area contributed by atoms with Gasteiger partial charge in [0.2, 0.25) is 11.8 Å². The molecule has 1 saturated carbocycles. The summed E-state index contributed by atoms with van der Waals surface area (Å²) in [4.78, 5) is 28.2. The number of hydrogen-bond acceptors (Lipinski definition) is 3. The number of hydrogen-bond donors (Lipinski definition) is 1. The molecule has 1 saturated heterocycles. The third-order valence-electron chi connectivity index (χ3n) is 4.83. The summed E-state index contributed by atoms with van der Waals surface area (Å²) in [6, 6.07) is 10.2. The molecule has 132 valence electrons. The zero-order chi connectivity index (χ0) is 16.3. The number of carbonyl (C=O) groups excluding carboxylic acids is 2. The molecular weight excluding hydrogens is 326 g/mol. The zero-order valence-electron chi connectivity index (χ0n) is 13.9. The summed E-state index contributed by atoms with van der Waals surface area (Å²) >= 11 is 0. The lowest BCUT2D eigenvalue weighted by molar-refractivity contribution is -0.140. The number of nitrogens with zero attached hydrogens (tertiary/aromatic N) is 2. The number of halogens is 1. The molecule has 3 rings (SSSR count). The molecule has 5 nitrogen and oxygen atoms in total. The fourth-order valence-corrected chi connectivity index (χ4v) is 3.07. The molecular formula is C18H26ClN3O2. The summed E-state index contributed by atoms with van der Waals surface area (Å²) in [5, 5.41) is 0. The normalized spacial score (nSPS) is 18.7. The van der Waals surface area contributed by atoms with Crippen molar-refractivity contribution < 1.29 is 9.59 Å². The molecule has 1 aromatic carbocycles. The minimum atomic E-state index is -0.595. The van der Waals surface area contributed by atoms with Crippen LogP contribution in [0, 0.1) is 0 Å². The first-order chi connectivity index (χ1) is 11.1. The number of piperazine rings is 1. The van der Waals surface area contributed by atoms with Crippen molar-refractivity contribution in [1.82, 2.24) is 9.80 Å². The molecule has 0 spiro atoms. The van der Waals surface area contributed by atoms with E-state index in [9.17, 15) is 9.59 Å². The lowest BCUT2D eigenvalue weighted by Crippen LogP contribution is -2.55. The second kappa shape index (κ2) is 7.99. The maximum atomic E-state index is 12.3. The SMILES string of the molecule is Cl.NC1(C(=O)N2CCN(C(=O)CCCc3ccccc3)CC2)CC1. The van der Waals surface area contributed by atoms with Crippen molar-refractivity contribution >= 4 is 24.2 Å². The van der Waals surface area contributed by atoms with Crippen LogP contribution in [0.5, 0.6) is 0 Å². The van der Waals surface area contributed by atoms with Crippen LogP contribution in [0.1, 0.15) is 31.2 Å². The quantitative estimate of drug-likeness (QED) is 0.876. The maximum absolute atomic E-state index is 12.3. The molecule has 2 N–H and O–H groups in total. The Morgan fingerprint density at radius 3 is 2.17 bits per heavy atom. The molecule has 2 amide bonds. The lowest BCUT2D eigenvalue weighted by atomic mass is 10.1. The highest BCUT2D eigenvalue weighted by Gasteiger charge is 2.48. The average molecular weight is 352 g/mol. The Bertz CT molecular complexity index is 567. The molecule has 2 aliphatic rings. The highest BCUT2D eigenvalue weighted by molar-refractivity contribution is 5.89. The number of benzene rings is 1. The van der Waals surface area contributed by atoms with E-state index < -0.39 is 5.54 Å². The first kappa shape index (κ1) is 18.7. The van der Waals surface area contributed by atoms with Gasteiger partial charge in [-0.05, 0) is 31.2 Å². The second-order valence-corrected chi connectivity index (χ2v) is 6.67. The average Bonchev–Trinajstić information content (AvgIpc) is 3.34. The number of amides is 2. The molecule has 6 heteroatoms. The Hall–Kier alpha value is -1.59. The van der Waals surface area contributed by atoms with Gasteiger partial charge in [0, 0.05) is 32.6 Å². The first-order valence-electron chi connectivity index (χ1n) is 8.48. The number of nitrogens with two attached hydrogens (primary N) is 1.